The fraction of sp³-hybridized carbons (Fsp3) is 0.211. The van der Waals surface area contributed by atoms with Crippen LogP contribution in [0.5, 0.6) is 0 Å². The highest BCUT2D eigenvalue weighted by Crippen LogP contribution is 2.27. The first-order valence-electron chi connectivity index (χ1n) is 8.20. The predicted octanol–water partition coefficient (Wildman–Crippen LogP) is 3.18. The van der Waals surface area contributed by atoms with Crippen molar-refractivity contribution < 1.29 is 18.1 Å². The molecular formula is C19H15F2N3O2. The Morgan fingerprint density at radius 1 is 1.04 bits per heavy atom. The van der Waals surface area contributed by atoms with Gasteiger partial charge in [-0.05, 0) is 42.0 Å². The summed E-state index contributed by atoms with van der Waals surface area (Å²) in [7, 11) is 0. The van der Waals surface area contributed by atoms with E-state index < -0.39 is 0 Å². The van der Waals surface area contributed by atoms with Gasteiger partial charge in [0.05, 0.1) is 5.92 Å². The number of rotatable bonds is 4. The number of halogens is 2. The Morgan fingerprint density at radius 3 is 2.31 bits per heavy atom. The van der Waals surface area contributed by atoms with Gasteiger partial charge in [0.1, 0.15) is 11.6 Å². The van der Waals surface area contributed by atoms with Crippen LogP contribution >= 0.6 is 0 Å². The first-order chi connectivity index (χ1) is 12.6. The number of amides is 1. The SMILES string of the molecule is O=C(c1ccc(F)cc1)N1CC(c2nc(Cc3ccc(F)cc3)no2)C1. The predicted molar refractivity (Wildman–Crippen MR) is 88.5 cm³/mol. The van der Waals surface area contributed by atoms with Crippen LogP contribution in [-0.4, -0.2) is 34.0 Å². The molecule has 0 spiro atoms. The van der Waals surface area contributed by atoms with E-state index >= 15 is 0 Å². The van der Waals surface area contributed by atoms with Gasteiger partial charge in [0.15, 0.2) is 5.82 Å². The van der Waals surface area contributed by atoms with Gasteiger partial charge in [0.25, 0.3) is 5.91 Å². The number of hydrogen-bond donors (Lipinski definition) is 0. The average Bonchev–Trinajstić information content (AvgIpc) is 3.04. The van der Waals surface area contributed by atoms with E-state index in [4.69, 9.17) is 4.52 Å². The van der Waals surface area contributed by atoms with E-state index in [9.17, 15) is 13.6 Å². The fourth-order valence-electron chi connectivity index (χ4n) is 2.87. The topological polar surface area (TPSA) is 59.2 Å². The Labute approximate surface area is 148 Å². The number of aromatic nitrogens is 2. The molecule has 0 saturated carbocycles. The van der Waals surface area contributed by atoms with Crippen molar-refractivity contribution in [3.8, 4) is 0 Å². The van der Waals surface area contributed by atoms with Gasteiger partial charge in [-0.25, -0.2) is 8.78 Å². The highest BCUT2D eigenvalue weighted by Gasteiger charge is 2.35. The van der Waals surface area contributed by atoms with E-state index in [1.54, 1.807) is 17.0 Å². The third-order valence-electron chi connectivity index (χ3n) is 4.37. The molecule has 1 aliphatic heterocycles. The molecule has 5 nitrogen and oxygen atoms in total. The highest BCUT2D eigenvalue weighted by atomic mass is 19.1. The molecule has 1 fully saturated rings. The summed E-state index contributed by atoms with van der Waals surface area (Å²) < 4.78 is 31.2. The lowest BCUT2D eigenvalue weighted by molar-refractivity contribution is 0.0569. The molecule has 2 aromatic carbocycles. The number of carbonyl (C=O) groups excluding carboxylic acids is 1. The van der Waals surface area contributed by atoms with E-state index in [0.29, 0.717) is 36.8 Å². The van der Waals surface area contributed by atoms with Crippen molar-refractivity contribution in [1.82, 2.24) is 15.0 Å². The molecule has 0 N–H and O–H groups in total. The highest BCUT2D eigenvalue weighted by molar-refractivity contribution is 5.94. The van der Waals surface area contributed by atoms with Gasteiger partial charge < -0.3 is 9.42 Å². The third-order valence-corrected chi connectivity index (χ3v) is 4.37. The first-order valence-corrected chi connectivity index (χ1v) is 8.20. The zero-order valence-corrected chi connectivity index (χ0v) is 13.7. The Bertz CT molecular complexity index is 917. The van der Waals surface area contributed by atoms with Crippen LogP contribution in [0.15, 0.2) is 53.1 Å². The van der Waals surface area contributed by atoms with Crippen molar-refractivity contribution in [2.24, 2.45) is 0 Å². The Hall–Kier alpha value is -3.09. The maximum atomic E-state index is 12.9. The standard InChI is InChI=1S/C19H15F2N3O2/c20-15-5-1-12(2-6-15)9-17-22-18(26-23-17)14-10-24(11-14)19(25)13-3-7-16(21)8-4-13/h1-8,14H,9-11H2. The minimum absolute atomic E-state index is 0.00568. The molecule has 7 heteroatoms. The average molecular weight is 355 g/mol. The van der Waals surface area contributed by atoms with E-state index in [0.717, 1.165) is 5.56 Å². The third kappa shape index (κ3) is 3.33. The van der Waals surface area contributed by atoms with Crippen LogP contribution in [0.1, 0.15) is 33.6 Å². The molecule has 0 bridgehead atoms. The monoisotopic (exact) mass is 355 g/mol. The maximum absolute atomic E-state index is 12.9. The van der Waals surface area contributed by atoms with Crippen molar-refractivity contribution in [1.29, 1.82) is 0 Å². The molecular weight excluding hydrogens is 340 g/mol. The number of carbonyl (C=O) groups is 1. The van der Waals surface area contributed by atoms with E-state index in [1.807, 2.05) is 0 Å². The van der Waals surface area contributed by atoms with Crippen LogP contribution in [-0.2, 0) is 6.42 Å². The van der Waals surface area contributed by atoms with Crippen LogP contribution in [0.25, 0.3) is 0 Å². The zero-order chi connectivity index (χ0) is 18.1. The van der Waals surface area contributed by atoms with Crippen LogP contribution in [0.4, 0.5) is 8.78 Å². The summed E-state index contributed by atoms with van der Waals surface area (Å²) in [6.07, 6.45) is 0.453. The first kappa shape index (κ1) is 16.4. The van der Waals surface area contributed by atoms with Crippen LogP contribution in [0.2, 0.25) is 0 Å². The Morgan fingerprint density at radius 2 is 1.65 bits per heavy atom. The lowest BCUT2D eigenvalue weighted by Gasteiger charge is -2.37. The number of benzene rings is 2. The largest absolute Gasteiger partial charge is 0.339 e. The van der Waals surface area contributed by atoms with Crippen LogP contribution in [0, 0.1) is 11.6 Å². The molecule has 0 radical (unpaired) electrons. The zero-order valence-electron chi connectivity index (χ0n) is 13.7. The van der Waals surface area contributed by atoms with E-state index in [2.05, 4.69) is 10.1 Å². The Kier molecular flexibility index (Phi) is 4.20. The minimum Gasteiger partial charge on any atom is -0.339 e. The second-order valence-electron chi connectivity index (χ2n) is 6.27. The molecule has 1 amide bonds. The summed E-state index contributed by atoms with van der Waals surface area (Å²) >= 11 is 0. The van der Waals surface area contributed by atoms with Crippen molar-refractivity contribution in [2.45, 2.75) is 12.3 Å². The summed E-state index contributed by atoms with van der Waals surface area (Å²) in [6, 6.07) is 11.6. The minimum atomic E-state index is -0.373. The van der Waals surface area contributed by atoms with Gasteiger partial charge >= 0.3 is 0 Å². The second kappa shape index (κ2) is 6.67. The van der Waals surface area contributed by atoms with Crippen molar-refractivity contribution in [3.63, 3.8) is 0 Å². The smallest absolute Gasteiger partial charge is 0.253 e. The van der Waals surface area contributed by atoms with Crippen molar-refractivity contribution in [2.75, 3.05) is 13.1 Å². The van der Waals surface area contributed by atoms with Crippen LogP contribution < -0.4 is 0 Å². The molecule has 132 valence electrons. The van der Waals surface area contributed by atoms with Gasteiger partial charge in [-0.15, -0.1) is 0 Å². The molecule has 0 atom stereocenters. The maximum Gasteiger partial charge on any atom is 0.253 e. The van der Waals surface area contributed by atoms with Crippen molar-refractivity contribution >= 4 is 5.91 Å². The molecule has 0 aliphatic carbocycles. The second-order valence-corrected chi connectivity index (χ2v) is 6.27. The Balaban J connectivity index is 1.35. The van der Waals surface area contributed by atoms with Gasteiger partial charge in [-0.2, -0.15) is 4.98 Å². The summed E-state index contributed by atoms with van der Waals surface area (Å²) in [5.74, 6) is 0.201. The van der Waals surface area contributed by atoms with Gasteiger partial charge in [-0.1, -0.05) is 17.3 Å². The fourth-order valence-corrected chi connectivity index (χ4v) is 2.87. The van der Waals surface area contributed by atoms with E-state index in [-0.39, 0.29) is 23.5 Å². The summed E-state index contributed by atoms with van der Waals surface area (Å²) in [5.41, 5.74) is 1.34. The number of hydrogen-bond acceptors (Lipinski definition) is 4. The van der Waals surface area contributed by atoms with Gasteiger partial charge in [0.2, 0.25) is 5.89 Å². The summed E-state index contributed by atoms with van der Waals surface area (Å²) in [6.45, 7) is 0.961. The number of likely N-dealkylation sites (tertiary alicyclic amines) is 1. The molecule has 0 unspecified atom stereocenters. The normalized spacial score (nSPS) is 14.3. The molecule has 1 saturated heterocycles. The van der Waals surface area contributed by atoms with Crippen LogP contribution in [0.3, 0.4) is 0 Å². The molecule has 26 heavy (non-hydrogen) atoms. The summed E-state index contributed by atoms with van der Waals surface area (Å²) in [5, 5.41) is 3.95. The molecule has 2 heterocycles. The summed E-state index contributed by atoms with van der Waals surface area (Å²) in [4.78, 5) is 18.3. The lowest BCUT2D eigenvalue weighted by Crippen LogP contribution is -2.48. The lowest BCUT2D eigenvalue weighted by atomic mass is 9.98. The molecule has 4 rings (SSSR count). The number of nitrogens with zero attached hydrogens (tertiary/aromatic N) is 3. The van der Waals surface area contributed by atoms with Gasteiger partial charge in [0, 0.05) is 25.1 Å². The van der Waals surface area contributed by atoms with E-state index in [1.165, 1.54) is 36.4 Å². The van der Waals surface area contributed by atoms with Gasteiger partial charge in [-0.3, -0.25) is 4.79 Å². The molecule has 1 aliphatic rings. The molecule has 1 aromatic heterocycles. The quantitative estimate of drug-likeness (QED) is 0.721. The molecule has 3 aromatic rings. The van der Waals surface area contributed by atoms with Crippen molar-refractivity contribution in [3.05, 3.63) is 83.0 Å².